The van der Waals surface area contributed by atoms with Crippen LogP contribution in [0.2, 0.25) is 0 Å². The molecule has 0 bridgehead atoms. The van der Waals surface area contributed by atoms with Gasteiger partial charge in [0.1, 0.15) is 0 Å². The number of carbonyl (C=O) groups excluding carboxylic acids is 1. The van der Waals surface area contributed by atoms with Crippen molar-refractivity contribution in [3.63, 3.8) is 0 Å². The van der Waals surface area contributed by atoms with Crippen LogP contribution in [-0.2, 0) is 10.0 Å². The molecule has 0 aliphatic carbocycles. The molecule has 1 aromatic carbocycles. The number of sulfonamides is 1. The summed E-state index contributed by atoms with van der Waals surface area (Å²) in [6.07, 6.45) is 0.628. The highest BCUT2D eigenvalue weighted by Crippen LogP contribution is 2.31. The van der Waals surface area contributed by atoms with Gasteiger partial charge in [0.05, 0.1) is 4.90 Å². The molecular formula is C16H25N3O3S. The van der Waals surface area contributed by atoms with E-state index in [1.165, 1.54) is 21.3 Å². The zero-order chi connectivity index (χ0) is 17.4. The van der Waals surface area contributed by atoms with E-state index in [2.05, 4.69) is 0 Å². The van der Waals surface area contributed by atoms with Crippen molar-refractivity contribution in [2.45, 2.75) is 31.2 Å². The number of amides is 1. The summed E-state index contributed by atoms with van der Waals surface area (Å²) < 4.78 is 27.2. The van der Waals surface area contributed by atoms with E-state index in [1.54, 1.807) is 26.2 Å². The van der Waals surface area contributed by atoms with E-state index in [0.717, 1.165) is 0 Å². The molecule has 1 atom stereocenters. The van der Waals surface area contributed by atoms with E-state index >= 15 is 0 Å². The van der Waals surface area contributed by atoms with Gasteiger partial charge in [-0.3, -0.25) is 4.79 Å². The predicted octanol–water partition coefficient (Wildman–Crippen LogP) is 1.14. The number of piperidine rings is 1. The third-order valence-corrected chi connectivity index (χ3v) is 6.24. The molecule has 1 aliphatic rings. The Morgan fingerprint density at radius 2 is 2.00 bits per heavy atom. The maximum Gasteiger partial charge on any atom is 0.253 e. The lowest BCUT2D eigenvalue weighted by Gasteiger charge is -2.41. The second kappa shape index (κ2) is 6.22. The summed E-state index contributed by atoms with van der Waals surface area (Å²) in [6.45, 7) is 4.73. The number of nitrogens with zero attached hydrogens (tertiary/aromatic N) is 2. The molecule has 23 heavy (non-hydrogen) atoms. The Hall–Kier alpha value is -1.44. The van der Waals surface area contributed by atoms with Crippen molar-refractivity contribution >= 4 is 15.9 Å². The molecule has 1 fully saturated rings. The molecule has 0 saturated carbocycles. The van der Waals surface area contributed by atoms with Crippen molar-refractivity contribution in [1.82, 2.24) is 9.21 Å². The van der Waals surface area contributed by atoms with Crippen LogP contribution in [0.5, 0.6) is 0 Å². The Bertz CT molecular complexity index is 698. The minimum absolute atomic E-state index is 0.0180. The lowest BCUT2D eigenvalue weighted by molar-refractivity contribution is 0.0827. The van der Waals surface area contributed by atoms with Crippen LogP contribution in [0.4, 0.5) is 0 Å². The van der Waals surface area contributed by atoms with Gasteiger partial charge in [-0.1, -0.05) is 19.9 Å². The number of hydrogen-bond donors (Lipinski definition) is 1. The Balaban J connectivity index is 2.34. The van der Waals surface area contributed by atoms with Gasteiger partial charge in [0, 0.05) is 38.8 Å². The highest BCUT2D eigenvalue weighted by Gasteiger charge is 2.38. The minimum atomic E-state index is -3.63. The van der Waals surface area contributed by atoms with E-state index in [0.29, 0.717) is 25.1 Å². The first-order chi connectivity index (χ1) is 10.6. The van der Waals surface area contributed by atoms with Crippen LogP contribution in [0.15, 0.2) is 29.2 Å². The lowest BCUT2D eigenvalue weighted by Crippen LogP contribution is -2.53. The molecule has 2 rings (SSSR count). The average Bonchev–Trinajstić information content (AvgIpc) is 2.49. The summed E-state index contributed by atoms with van der Waals surface area (Å²) in [5.74, 6) is -0.219. The van der Waals surface area contributed by atoms with Gasteiger partial charge in [-0.2, -0.15) is 4.31 Å². The standard InChI is InChI=1S/C16H25N3O3S/c1-16(2)11-19(9-8-14(16)17)23(21,22)13-7-5-6-12(10-13)15(20)18(3)4/h5-7,10,14H,8-9,11,17H2,1-4H3. The fourth-order valence-electron chi connectivity index (χ4n) is 2.73. The molecule has 7 heteroatoms. The smallest absolute Gasteiger partial charge is 0.253 e. The van der Waals surface area contributed by atoms with Gasteiger partial charge >= 0.3 is 0 Å². The van der Waals surface area contributed by atoms with Gasteiger partial charge in [-0.15, -0.1) is 0 Å². The van der Waals surface area contributed by atoms with Crippen LogP contribution >= 0.6 is 0 Å². The number of benzene rings is 1. The van der Waals surface area contributed by atoms with E-state index in [1.807, 2.05) is 13.8 Å². The summed E-state index contributed by atoms with van der Waals surface area (Å²) in [7, 11) is -0.357. The van der Waals surface area contributed by atoms with Crippen molar-refractivity contribution in [2.24, 2.45) is 11.1 Å². The topological polar surface area (TPSA) is 83.7 Å². The van der Waals surface area contributed by atoms with Crippen LogP contribution in [0, 0.1) is 5.41 Å². The largest absolute Gasteiger partial charge is 0.345 e. The molecule has 0 aromatic heterocycles. The monoisotopic (exact) mass is 339 g/mol. The Morgan fingerprint density at radius 1 is 1.35 bits per heavy atom. The Labute approximate surface area is 138 Å². The van der Waals surface area contributed by atoms with Crippen molar-refractivity contribution < 1.29 is 13.2 Å². The summed E-state index contributed by atoms with van der Waals surface area (Å²) in [4.78, 5) is 13.6. The number of nitrogens with two attached hydrogens (primary N) is 1. The summed E-state index contributed by atoms with van der Waals surface area (Å²) >= 11 is 0. The normalized spacial score (nSPS) is 21.9. The van der Waals surface area contributed by atoms with E-state index in [4.69, 9.17) is 5.73 Å². The first-order valence-corrected chi connectivity index (χ1v) is 9.07. The van der Waals surface area contributed by atoms with Crippen molar-refractivity contribution in [3.05, 3.63) is 29.8 Å². The van der Waals surface area contributed by atoms with Crippen molar-refractivity contribution in [3.8, 4) is 0 Å². The maximum atomic E-state index is 12.9. The second-order valence-electron chi connectivity index (χ2n) is 6.95. The number of carbonyl (C=O) groups is 1. The molecule has 1 heterocycles. The molecule has 6 nitrogen and oxygen atoms in total. The highest BCUT2D eigenvalue weighted by atomic mass is 32.2. The van der Waals surface area contributed by atoms with Crippen LogP contribution in [0.1, 0.15) is 30.6 Å². The predicted molar refractivity (Wildman–Crippen MR) is 89.6 cm³/mol. The van der Waals surface area contributed by atoms with E-state index in [9.17, 15) is 13.2 Å². The first-order valence-electron chi connectivity index (χ1n) is 7.63. The van der Waals surface area contributed by atoms with Gasteiger partial charge < -0.3 is 10.6 Å². The van der Waals surface area contributed by atoms with Gasteiger partial charge in [-0.25, -0.2) is 8.42 Å². The number of hydrogen-bond acceptors (Lipinski definition) is 4. The molecule has 128 valence electrons. The molecule has 1 aromatic rings. The van der Waals surface area contributed by atoms with Crippen LogP contribution < -0.4 is 5.73 Å². The Kier molecular flexibility index (Phi) is 4.84. The first kappa shape index (κ1) is 17.9. The lowest BCUT2D eigenvalue weighted by atomic mass is 9.81. The third-order valence-electron chi connectivity index (χ3n) is 4.40. The number of rotatable bonds is 3. The van der Waals surface area contributed by atoms with Gasteiger partial charge in [0.2, 0.25) is 10.0 Å². The van der Waals surface area contributed by atoms with Gasteiger partial charge in [0.15, 0.2) is 0 Å². The minimum Gasteiger partial charge on any atom is -0.345 e. The van der Waals surface area contributed by atoms with Crippen molar-refractivity contribution in [1.29, 1.82) is 0 Å². The van der Waals surface area contributed by atoms with E-state index < -0.39 is 10.0 Å². The molecule has 0 radical (unpaired) electrons. The SMILES string of the molecule is CN(C)C(=O)c1cccc(S(=O)(=O)N2CCC(N)C(C)(C)C2)c1. The fraction of sp³-hybridized carbons (Fsp3) is 0.562. The molecule has 1 unspecified atom stereocenters. The summed E-state index contributed by atoms with van der Waals surface area (Å²) in [5.41, 5.74) is 6.17. The quantitative estimate of drug-likeness (QED) is 0.895. The van der Waals surface area contributed by atoms with Crippen molar-refractivity contribution in [2.75, 3.05) is 27.2 Å². The Morgan fingerprint density at radius 3 is 2.57 bits per heavy atom. The van der Waals surface area contributed by atoms with Gasteiger partial charge in [-0.05, 0) is 30.0 Å². The third kappa shape index (κ3) is 3.57. The zero-order valence-corrected chi connectivity index (χ0v) is 14.9. The van der Waals surface area contributed by atoms with E-state index in [-0.39, 0.29) is 22.3 Å². The molecule has 1 amide bonds. The second-order valence-corrected chi connectivity index (χ2v) is 8.89. The van der Waals surface area contributed by atoms with Gasteiger partial charge in [0.25, 0.3) is 5.91 Å². The molecular weight excluding hydrogens is 314 g/mol. The van der Waals surface area contributed by atoms with Crippen LogP contribution in [-0.4, -0.2) is 56.8 Å². The molecule has 2 N–H and O–H groups in total. The maximum absolute atomic E-state index is 12.9. The highest BCUT2D eigenvalue weighted by molar-refractivity contribution is 7.89. The molecule has 1 aliphatic heterocycles. The zero-order valence-electron chi connectivity index (χ0n) is 14.1. The summed E-state index contributed by atoms with van der Waals surface area (Å²) in [6, 6.07) is 6.18. The molecule has 0 spiro atoms. The molecule has 1 saturated heterocycles. The fourth-order valence-corrected chi connectivity index (χ4v) is 4.40. The summed E-state index contributed by atoms with van der Waals surface area (Å²) in [5, 5.41) is 0. The van der Waals surface area contributed by atoms with Crippen LogP contribution in [0.25, 0.3) is 0 Å². The average molecular weight is 339 g/mol. The van der Waals surface area contributed by atoms with Crippen LogP contribution in [0.3, 0.4) is 0 Å².